The van der Waals surface area contributed by atoms with Crippen LogP contribution in [0.3, 0.4) is 0 Å². The highest BCUT2D eigenvalue weighted by molar-refractivity contribution is 9.10. The van der Waals surface area contributed by atoms with Gasteiger partial charge in [-0.3, -0.25) is 0 Å². The summed E-state index contributed by atoms with van der Waals surface area (Å²) < 4.78 is 1.22. The zero-order valence-electron chi connectivity index (χ0n) is 13.0. The van der Waals surface area contributed by atoms with E-state index in [0.717, 1.165) is 19.0 Å². The van der Waals surface area contributed by atoms with Crippen molar-refractivity contribution in [1.29, 1.82) is 0 Å². The fourth-order valence-corrected chi connectivity index (χ4v) is 3.40. The minimum absolute atomic E-state index is 0.395. The molecule has 1 aromatic carbocycles. The lowest BCUT2D eigenvalue weighted by atomic mass is 10.1. The van der Waals surface area contributed by atoms with Gasteiger partial charge in [-0.15, -0.1) is 0 Å². The van der Waals surface area contributed by atoms with Gasteiger partial charge in [0.1, 0.15) is 0 Å². The van der Waals surface area contributed by atoms with Crippen molar-refractivity contribution in [3.8, 4) is 0 Å². The molecule has 1 aliphatic carbocycles. The van der Waals surface area contributed by atoms with Gasteiger partial charge in [-0.25, -0.2) is 0 Å². The summed E-state index contributed by atoms with van der Waals surface area (Å²) in [7, 11) is 0. The van der Waals surface area contributed by atoms with Gasteiger partial charge in [-0.2, -0.15) is 0 Å². The van der Waals surface area contributed by atoms with E-state index in [1.54, 1.807) is 0 Å². The van der Waals surface area contributed by atoms with Gasteiger partial charge in [0.2, 0.25) is 0 Å². The SMILES string of the molecule is CCCN(CC1CC1)c1ccc(C(C)NCC)c(Br)c1. The van der Waals surface area contributed by atoms with Gasteiger partial charge in [-0.05, 0) is 56.3 Å². The number of rotatable bonds is 8. The number of hydrogen-bond donors (Lipinski definition) is 1. The lowest BCUT2D eigenvalue weighted by molar-refractivity contribution is 0.596. The third kappa shape index (κ3) is 4.23. The molecule has 2 rings (SSSR count). The van der Waals surface area contributed by atoms with Gasteiger partial charge in [-0.1, -0.05) is 35.8 Å². The number of nitrogens with one attached hydrogen (secondary N) is 1. The Morgan fingerprint density at radius 3 is 2.65 bits per heavy atom. The van der Waals surface area contributed by atoms with E-state index in [1.165, 1.54) is 41.5 Å². The predicted octanol–water partition coefficient (Wildman–Crippen LogP) is 4.75. The van der Waals surface area contributed by atoms with E-state index < -0.39 is 0 Å². The number of anilines is 1. The molecule has 1 aromatic rings. The van der Waals surface area contributed by atoms with Crippen molar-refractivity contribution in [1.82, 2.24) is 5.32 Å². The van der Waals surface area contributed by atoms with E-state index in [9.17, 15) is 0 Å². The summed E-state index contributed by atoms with van der Waals surface area (Å²) in [5, 5.41) is 3.48. The molecule has 1 fully saturated rings. The molecule has 0 aromatic heterocycles. The van der Waals surface area contributed by atoms with Crippen LogP contribution in [0.25, 0.3) is 0 Å². The first-order valence-corrected chi connectivity index (χ1v) is 8.72. The smallest absolute Gasteiger partial charge is 0.0377 e. The molecule has 0 amide bonds. The first-order valence-electron chi connectivity index (χ1n) is 7.93. The summed E-state index contributed by atoms with van der Waals surface area (Å²) in [4.78, 5) is 2.55. The van der Waals surface area contributed by atoms with Crippen LogP contribution in [-0.2, 0) is 0 Å². The van der Waals surface area contributed by atoms with Crippen LogP contribution in [0.15, 0.2) is 22.7 Å². The predicted molar refractivity (Wildman–Crippen MR) is 91.5 cm³/mol. The van der Waals surface area contributed by atoms with Crippen LogP contribution in [-0.4, -0.2) is 19.6 Å². The van der Waals surface area contributed by atoms with Crippen LogP contribution >= 0.6 is 15.9 Å². The average Bonchev–Trinajstić information content (AvgIpc) is 3.22. The second-order valence-corrected chi connectivity index (χ2v) is 6.73. The molecule has 0 bridgehead atoms. The summed E-state index contributed by atoms with van der Waals surface area (Å²) in [5.74, 6) is 0.931. The van der Waals surface area contributed by atoms with Crippen LogP contribution in [0, 0.1) is 5.92 Å². The maximum Gasteiger partial charge on any atom is 0.0377 e. The fourth-order valence-electron chi connectivity index (χ4n) is 2.69. The Kier molecular flexibility index (Phi) is 5.91. The summed E-state index contributed by atoms with van der Waals surface area (Å²) in [6.45, 7) is 10.0. The molecule has 2 nitrogen and oxygen atoms in total. The molecule has 1 N–H and O–H groups in total. The Morgan fingerprint density at radius 2 is 2.10 bits per heavy atom. The molecule has 20 heavy (non-hydrogen) atoms. The third-order valence-corrected chi connectivity index (χ3v) is 4.68. The number of benzene rings is 1. The first-order chi connectivity index (χ1) is 9.65. The molecule has 0 spiro atoms. The number of hydrogen-bond acceptors (Lipinski definition) is 2. The van der Waals surface area contributed by atoms with Crippen molar-refractivity contribution < 1.29 is 0 Å². The third-order valence-electron chi connectivity index (χ3n) is 4.00. The Bertz CT molecular complexity index is 429. The van der Waals surface area contributed by atoms with E-state index in [1.807, 2.05) is 0 Å². The second kappa shape index (κ2) is 7.46. The molecule has 0 radical (unpaired) electrons. The Balaban J connectivity index is 2.12. The first kappa shape index (κ1) is 15.8. The Labute approximate surface area is 132 Å². The maximum absolute atomic E-state index is 3.75. The fraction of sp³-hybridized carbons (Fsp3) is 0.647. The van der Waals surface area contributed by atoms with Crippen molar-refractivity contribution in [2.75, 3.05) is 24.5 Å². The molecule has 0 saturated heterocycles. The van der Waals surface area contributed by atoms with Gasteiger partial charge in [0.25, 0.3) is 0 Å². The van der Waals surface area contributed by atoms with Crippen LogP contribution in [0.1, 0.15) is 51.6 Å². The van der Waals surface area contributed by atoms with Crippen molar-refractivity contribution in [3.63, 3.8) is 0 Å². The van der Waals surface area contributed by atoms with Crippen LogP contribution in [0.5, 0.6) is 0 Å². The van der Waals surface area contributed by atoms with Gasteiger partial charge >= 0.3 is 0 Å². The molecule has 112 valence electrons. The zero-order valence-corrected chi connectivity index (χ0v) is 14.5. The molecule has 1 aliphatic rings. The van der Waals surface area contributed by atoms with Crippen molar-refractivity contribution >= 4 is 21.6 Å². The minimum Gasteiger partial charge on any atom is -0.371 e. The van der Waals surface area contributed by atoms with E-state index in [0.29, 0.717) is 6.04 Å². The van der Waals surface area contributed by atoms with Crippen molar-refractivity contribution in [2.45, 2.75) is 46.1 Å². The number of halogens is 1. The van der Waals surface area contributed by atoms with Crippen LogP contribution in [0.2, 0.25) is 0 Å². The molecule has 1 unspecified atom stereocenters. The van der Waals surface area contributed by atoms with E-state index in [-0.39, 0.29) is 0 Å². The average molecular weight is 339 g/mol. The van der Waals surface area contributed by atoms with Gasteiger partial charge < -0.3 is 10.2 Å². The van der Waals surface area contributed by atoms with Crippen molar-refractivity contribution in [2.24, 2.45) is 5.92 Å². The summed E-state index contributed by atoms with van der Waals surface area (Å²) in [6.07, 6.45) is 4.04. The van der Waals surface area contributed by atoms with Gasteiger partial charge in [0.15, 0.2) is 0 Å². The normalized spacial score (nSPS) is 16.2. The summed E-state index contributed by atoms with van der Waals surface area (Å²) in [5.41, 5.74) is 2.71. The highest BCUT2D eigenvalue weighted by Crippen LogP contribution is 2.33. The zero-order chi connectivity index (χ0) is 14.5. The molecule has 1 saturated carbocycles. The molecular formula is C17H27BrN2. The quantitative estimate of drug-likeness (QED) is 0.735. The van der Waals surface area contributed by atoms with Crippen molar-refractivity contribution in [3.05, 3.63) is 28.2 Å². The van der Waals surface area contributed by atoms with E-state index >= 15 is 0 Å². The lowest BCUT2D eigenvalue weighted by Gasteiger charge is -2.26. The molecular weight excluding hydrogens is 312 g/mol. The summed E-state index contributed by atoms with van der Waals surface area (Å²) >= 11 is 3.75. The largest absolute Gasteiger partial charge is 0.371 e. The lowest BCUT2D eigenvalue weighted by Crippen LogP contribution is -2.26. The highest BCUT2D eigenvalue weighted by atomic mass is 79.9. The highest BCUT2D eigenvalue weighted by Gasteiger charge is 2.24. The van der Waals surface area contributed by atoms with E-state index in [2.05, 4.69) is 65.1 Å². The molecule has 1 atom stereocenters. The monoisotopic (exact) mass is 338 g/mol. The second-order valence-electron chi connectivity index (χ2n) is 5.87. The van der Waals surface area contributed by atoms with Crippen LogP contribution in [0.4, 0.5) is 5.69 Å². The topological polar surface area (TPSA) is 15.3 Å². The Morgan fingerprint density at radius 1 is 1.35 bits per heavy atom. The van der Waals surface area contributed by atoms with Crippen LogP contribution < -0.4 is 10.2 Å². The molecule has 3 heteroatoms. The number of nitrogens with zero attached hydrogens (tertiary/aromatic N) is 1. The standard InChI is InChI=1S/C17H27BrN2/c1-4-10-20(12-14-6-7-14)15-8-9-16(17(18)11-15)13(3)19-5-2/h8-9,11,13-14,19H,4-7,10,12H2,1-3H3. The van der Waals surface area contributed by atoms with Gasteiger partial charge in [0, 0.05) is 29.3 Å². The Hall–Kier alpha value is -0.540. The summed E-state index contributed by atoms with van der Waals surface area (Å²) in [6, 6.07) is 7.24. The van der Waals surface area contributed by atoms with E-state index in [4.69, 9.17) is 0 Å². The maximum atomic E-state index is 3.75. The molecule has 0 aliphatic heterocycles. The molecule has 0 heterocycles. The minimum atomic E-state index is 0.395. The van der Waals surface area contributed by atoms with Gasteiger partial charge in [0.05, 0.1) is 0 Å².